The van der Waals surface area contributed by atoms with Crippen LogP contribution >= 0.6 is 0 Å². The molecule has 0 fully saturated rings. The van der Waals surface area contributed by atoms with Gasteiger partial charge in [-0.1, -0.05) is 19.4 Å². The summed E-state index contributed by atoms with van der Waals surface area (Å²) < 4.78 is 0. The monoisotopic (exact) mass is 199 g/mol. The molecule has 1 atom stereocenters. The second-order valence-corrected chi connectivity index (χ2v) is 3.12. The number of allylic oxidation sites excluding steroid dienone is 1. The lowest BCUT2D eigenvalue weighted by molar-refractivity contribution is -0.138. The quantitative estimate of drug-likeness (QED) is 0.631. The van der Waals surface area contributed by atoms with E-state index in [1.165, 1.54) is 6.08 Å². The van der Waals surface area contributed by atoms with Gasteiger partial charge in [0.25, 0.3) is 0 Å². The molecule has 4 heteroatoms. The van der Waals surface area contributed by atoms with Gasteiger partial charge in [0.05, 0.1) is 0 Å². The summed E-state index contributed by atoms with van der Waals surface area (Å²) >= 11 is 0. The number of carboxylic acids is 1. The molecule has 80 valence electrons. The summed E-state index contributed by atoms with van der Waals surface area (Å²) in [6.45, 7) is 4.09. The van der Waals surface area contributed by atoms with Crippen LogP contribution in [-0.2, 0) is 9.59 Å². The summed E-state index contributed by atoms with van der Waals surface area (Å²) in [5, 5.41) is 11.2. The Balaban J connectivity index is 3.83. The number of rotatable bonds is 6. The molecule has 0 saturated carbocycles. The Labute approximate surface area is 84.0 Å². The van der Waals surface area contributed by atoms with Crippen molar-refractivity contribution in [1.29, 1.82) is 0 Å². The average molecular weight is 199 g/mol. The Morgan fingerprint density at radius 2 is 2.14 bits per heavy atom. The van der Waals surface area contributed by atoms with Crippen molar-refractivity contribution in [2.24, 2.45) is 5.92 Å². The van der Waals surface area contributed by atoms with Crippen LogP contribution in [0, 0.1) is 5.92 Å². The van der Waals surface area contributed by atoms with Crippen molar-refractivity contribution in [2.45, 2.75) is 26.7 Å². The van der Waals surface area contributed by atoms with Gasteiger partial charge in [-0.15, -0.1) is 0 Å². The Kier molecular flexibility index (Phi) is 6.45. The SMILES string of the molecule is C/C=C/C(=O)NCC(CC)CC(=O)O. The lowest BCUT2D eigenvalue weighted by Crippen LogP contribution is -2.28. The Morgan fingerprint density at radius 3 is 2.57 bits per heavy atom. The highest BCUT2D eigenvalue weighted by Gasteiger charge is 2.11. The fraction of sp³-hybridized carbons (Fsp3) is 0.600. The van der Waals surface area contributed by atoms with Gasteiger partial charge in [-0.3, -0.25) is 9.59 Å². The highest BCUT2D eigenvalue weighted by molar-refractivity contribution is 5.87. The number of carbonyl (C=O) groups excluding carboxylic acids is 1. The molecule has 0 aromatic heterocycles. The van der Waals surface area contributed by atoms with E-state index in [-0.39, 0.29) is 18.2 Å². The standard InChI is InChI=1S/C10H17NO3/c1-3-5-9(12)11-7-8(4-2)6-10(13)14/h3,5,8H,4,6-7H2,1-2H3,(H,11,12)(H,13,14)/b5-3+. The van der Waals surface area contributed by atoms with Crippen LogP contribution in [0.4, 0.5) is 0 Å². The predicted octanol–water partition coefficient (Wildman–Crippen LogP) is 1.18. The van der Waals surface area contributed by atoms with Crippen molar-refractivity contribution in [2.75, 3.05) is 6.54 Å². The topological polar surface area (TPSA) is 66.4 Å². The molecular weight excluding hydrogens is 182 g/mol. The van der Waals surface area contributed by atoms with Gasteiger partial charge in [0.2, 0.25) is 5.91 Å². The van der Waals surface area contributed by atoms with Crippen molar-refractivity contribution in [3.05, 3.63) is 12.2 Å². The lowest BCUT2D eigenvalue weighted by atomic mass is 10.0. The Hall–Kier alpha value is -1.32. The summed E-state index contributed by atoms with van der Waals surface area (Å²) in [7, 11) is 0. The number of hydrogen-bond donors (Lipinski definition) is 2. The van der Waals surface area contributed by atoms with E-state index in [9.17, 15) is 9.59 Å². The van der Waals surface area contributed by atoms with Crippen molar-refractivity contribution >= 4 is 11.9 Å². The molecule has 0 rings (SSSR count). The first-order chi connectivity index (χ1) is 6.60. The third-order valence-corrected chi connectivity index (χ3v) is 1.92. The van der Waals surface area contributed by atoms with Gasteiger partial charge in [-0.2, -0.15) is 0 Å². The minimum Gasteiger partial charge on any atom is -0.481 e. The van der Waals surface area contributed by atoms with Crippen LogP contribution in [0.25, 0.3) is 0 Å². The number of nitrogens with one attached hydrogen (secondary N) is 1. The van der Waals surface area contributed by atoms with Crippen LogP contribution in [-0.4, -0.2) is 23.5 Å². The predicted molar refractivity (Wildman–Crippen MR) is 53.9 cm³/mol. The van der Waals surface area contributed by atoms with Crippen LogP contribution in [0.15, 0.2) is 12.2 Å². The molecule has 1 amide bonds. The van der Waals surface area contributed by atoms with E-state index >= 15 is 0 Å². The van der Waals surface area contributed by atoms with E-state index in [1.54, 1.807) is 13.0 Å². The Bertz CT molecular complexity index is 223. The number of hydrogen-bond acceptors (Lipinski definition) is 2. The molecule has 0 aliphatic rings. The smallest absolute Gasteiger partial charge is 0.303 e. The van der Waals surface area contributed by atoms with Crippen molar-refractivity contribution in [3.63, 3.8) is 0 Å². The van der Waals surface area contributed by atoms with E-state index in [1.807, 2.05) is 6.92 Å². The zero-order chi connectivity index (χ0) is 11.0. The molecule has 0 saturated heterocycles. The van der Waals surface area contributed by atoms with Gasteiger partial charge in [-0.05, 0) is 18.9 Å². The summed E-state index contributed by atoms with van der Waals surface area (Å²) in [6.07, 6.45) is 3.93. The van der Waals surface area contributed by atoms with Gasteiger partial charge in [0.15, 0.2) is 0 Å². The number of aliphatic carboxylic acids is 1. The summed E-state index contributed by atoms with van der Waals surface area (Å²) in [5.74, 6) is -0.977. The summed E-state index contributed by atoms with van der Waals surface area (Å²) in [6, 6.07) is 0. The second-order valence-electron chi connectivity index (χ2n) is 3.12. The van der Waals surface area contributed by atoms with Crippen LogP contribution in [0.2, 0.25) is 0 Å². The van der Waals surface area contributed by atoms with Gasteiger partial charge >= 0.3 is 5.97 Å². The maximum absolute atomic E-state index is 11.0. The molecule has 14 heavy (non-hydrogen) atoms. The van der Waals surface area contributed by atoms with E-state index in [0.29, 0.717) is 6.54 Å². The number of carboxylic acid groups (broad SMARTS) is 1. The maximum Gasteiger partial charge on any atom is 0.303 e. The van der Waals surface area contributed by atoms with Crippen molar-refractivity contribution in [3.8, 4) is 0 Å². The van der Waals surface area contributed by atoms with Gasteiger partial charge in [0.1, 0.15) is 0 Å². The largest absolute Gasteiger partial charge is 0.481 e. The molecule has 1 unspecified atom stereocenters. The molecule has 0 spiro atoms. The third kappa shape index (κ3) is 6.22. The number of amides is 1. The van der Waals surface area contributed by atoms with Crippen LogP contribution in [0.5, 0.6) is 0 Å². The van der Waals surface area contributed by atoms with Crippen molar-refractivity contribution < 1.29 is 14.7 Å². The molecule has 0 heterocycles. The first kappa shape index (κ1) is 12.7. The average Bonchev–Trinajstić information content (AvgIpc) is 2.12. The molecule has 0 aliphatic carbocycles. The van der Waals surface area contributed by atoms with E-state index in [2.05, 4.69) is 5.32 Å². The van der Waals surface area contributed by atoms with Gasteiger partial charge < -0.3 is 10.4 Å². The fourth-order valence-electron chi connectivity index (χ4n) is 1.06. The molecular formula is C10H17NO3. The molecule has 0 aliphatic heterocycles. The maximum atomic E-state index is 11.0. The van der Waals surface area contributed by atoms with Crippen LogP contribution in [0.1, 0.15) is 26.7 Å². The first-order valence-corrected chi connectivity index (χ1v) is 4.72. The third-order valence-electron chi connectivity index (χ3n) is 1.92. The molecule has 2 N–H and O–H groups in total. The number of carbonyl (C=O) groups is 2. The Morgan fingerprint density at radius 1 is 1.50 bits per heavy atom. The molecule has 0 aromatic rings. The van der Waals surface area contributed by atoms with Crippen LogP contribution in [0.3, 0.4) is 0 Å². The lowest BCUT2D eigenvalue weighted by Gasteiger charge is -2.11. The molecule has 0 aromatic carbocycles. The minimum atomic E-state index is -0.822. The highest BCUT2D eigenvalue weighted by atomic mass is 16.4. The van der Waals surface area contributed by atoms with Crippen molar-refractivity contribution in [1.82, 2.24) is 5.32 Å². The first-order valence-electron chi connectivity index (χ1n) is 4.72. The van der Waals surface area contributed by atoms with E-state index < -0.39 is 5.97 Å². The minimum absolute atomic E-state index is 0.0155. The zero-order valence-corrected chi connectivity index (χ0v) is 8.62. The van der Waals surface area contributed by atoms with E-state index in [4.69, 9.17) is 5.11 Å². The van der Waals surface area contributed by atoms with Crippen LogP contribution < -0.4 is 5.32 Å². The van der Waals surface area contributed by atoms with Gasteiger partial charge in [-0.25, -0.2) is 0 Å². The zero-order valence-electron chi connectivity index (χ0n) is 8.62. The second kappa shape index (κ2) is 7.12. The normalized spacial score (nSPS) is 12.7. The molecule has 4 nitrogen and oxygen atoms in total. The van der Waals surface area contributed by atoms with Gasteiger partial charge in [0, 0.05) is 13.0 Å². The summed E-state index contributed by atoms with van der Waals surface area (Å²) in [5.41, 5.74) is 0. The fourth-order valence-corrected chi connectivity index (χ4v) is 1.06. The summed E-state index contributed by atoms with van der Waals surface area (Å²) in [4.78, 5) is 21.4. The molecule has 0 bridgehead atoms. The highest BCUT2D eigenvalue weighted by Crippen LogP contribution is 2.06. The molecule has 0 radical (unpaired) electrons. The van der Waals surface area contributed by atoms with E-state index in [0.717, 1.165) is 6.42 Å².